The lowest BCUT2D eigenvalue weighted by Gasteiger charge is -2.04. The third kappa shape index (κ3) is 6.25. The van der Waals surface area contributed by atoms with E-state index in [1.165, 1.54) is 17.7 Å². The fraction of sp³-hybridized carbons (Fsp3) is 0.300. The molecule has 0 radical (unpaired) electrons. The maximum Gasteiger partial charge on any atom is 0.331 e. The van der Waals surface area contributed by atoms with E-state index in [0.29, 0.717) is 23.0 Å². The van der Waals surface area contributed by atoms with E-state index in [9.17, 15) is 9.59 Å². The number of nitrogens with zero attached hydrogens (tertiary/aromatic N) is 3. The monoisotopic (exact) mass is 400 g/mol. The van der Waals surface area contributed by atoms with Crippen LogP contribution in [-0.4, -0.2) is 34.8 Å². The minimum absolute atomic E-state index is 0.198. The first-order valence-corrected chi connectivity index (χ1v) is 9.05. The quantitative estimate of drug-likeness (QED) is 0.417. The molecule has 1 heterocycles. The van der Waals surface area contributed by atoms with Crippen LogP contribution in [0.3, 0.4) is 0 Å². The van der Waals surface area contributed by atoms with Gasteiger partial charge in [0.1, 0.15) is 5.15 Å². The Hall–Kier alpha value is -3.11. The number of nitrogens with one attached hydrogen (secondary N) is 1. The molecule has 0 unspecified atom stereocenters. The van der Waals surface area contributed by atoms with E-state index in [0.717, 1.165) is 5.56 Å². The second-order valence-electron chi connectivity index (χ2n) is 6.13. The molecule has 0 aliphatic carbocycles. The number of aryl methyl sites for hydroxylation is 2. The number of ether oxygens (including phenoxy) is 1. The van der Waals surface area contributed by atoms with Gasteiger partial charge in [-0.05, 0) is 25.5 Å². The van der Waals surface area contributed by atoms with Crippen LogP contribution in [0.15, 0.2) is 30.3 Å². The average molecular weight is 401 g/mol. The third-order valence-corrected chi connectivity index (χ3v) is 4.25. The number of nitriles is 1. The Labute approximate surface area is 168 Å². The van der Waals surface area contributed by atoms with E-state index >= 15 is 0 Å². The number of carbonyl (C=O) groups excluding carboxylic acids is 2. The van der Waals surface area contributed by atoms with Crippen LogP contribution in [0.1, 0.15) is 28.8 Å². The van der Waals surface area contributed by atoms with Crippen molar-refractivity contribution in [3.05, 3.63) is 57.9 Å². The van der Waals surface area contributed by atoms with Crippen molar-refractivity contribution in [1.29, 1.82) is 5.26 Å². The smallest absolute Gasteiger partial charge is 0.331 e. The fourth-order valence-electron chi connectivity index (χ4n) is 2.37. The summed E-state index contributed by atoms with van der Waals surface area (Å²) in [5.74, 6) is -1.13. The van der Waals surface area contributed by atoms with Gasteiger partial charge in [0, 0.05) is 18.2 Å². The number of hydrogen-bond acceptors (Lipinski definition) is 5. The summed E-state index contributed by atoms with van der Waals surface area (Å²) in [4.78, 5) is 23.2. The molecule has 2 aromatic rings. The Morgan fingerprint density at radius 2 is 2.04 bits per heavy atom. The molecule has 146 valence electrons. The van der Waals surface area contributed by atoms with Crippen LogP contribution in [0.5, 0.6) is 0 Å². The SMILES string of the molecule is Cc1ccc(Cn2nc(C)c(/C=C/C(=O)OCC(=O)NCCC#N)c2Cl)cc1. The van der Waals surface area contributed by atoms with E-state index in [2.05, 4.69) is 10.4 Å². The lowest BCUT2D eigenvalue weighted by atomic mass is 10.1. The molecule has 0 atom stereocenters. The van der Waals surface area contributed by atoms with Gasteiger partial charge in [-0.15, -0.1) is 0 Å². The minimum atomic E-state index is -0.669. The highest BCUT2D eigenvalue weighted by Crippen LogP contribution is 2.22. The zero-order valence-corrected chi connectivity index (χ0v) is 16.5. The largest absolute Gasteiger partial charge is 0.452 e. The van der Waals surface area contributed by atoms with E-state index in [-0.39, 0.29) is 13.0 Å². The molecule has 1 aromatic heterocycles. The Morgan fingerprint density at radius 1 is 1.32 bits per heavy atom. The first-order chi connectivity index (χ1) is 13.4. The highest BCUT2D eigenvalue weighted by molar-refractivity contribution is 6.31. The normalized spacial score (nSPS) is 10.6. The number of esters is 1. The van der Waals surface area contributed by atoms with Crippen molar-refractivity contribution in [2.45, 2.75) is 26.8 Å². The highest BCUT2D eigenvalue weighted by Gasteiger charge is 2.12. The summed E-state index contributed by atoms with van der Waals surface area (Å²) < 4.78 is 6.52. The second kappa shape index (κ2) is 10.3. The first kappa shape index (κ1) is 21.2. The van der Waals surface area contributed by atoms with Crippen molar-refractivity contribution in [2.75, 3.05) is 13.2 Å². The van der Waals surface area contributed by atoms with Crippen molar-refractivity contribution in [3.8, 4) is 6.07 Å². The number of amides is 1. The Kier molecular flexibility index (Phi) is 7.78. The summed E-state index contributed by atoms with van der Waals surface area (Å²) in [6.07, 6.45) is 2.92. The van der Waals surface area contributed by atoms with Crippen LogP contribution in [-0.2, 0) is 20.9 Å². The van der Waals surface area contributed by atoms with Gasteiger partial charge >= 0.3 is 5.97 Å². The zero-order valence-electron chi connectivity index (χ0n) is 15.7. The topological polar surface area (TPSA) is 97.0 Å². The molecule has 1 aromatic carbocycles. The van der Waals surface area contributed by atoms with Crippen LogP contribution in [0.25, 0.3) is 6.08 Å². The molecule has 0 fully saturated rings. The van der Waals surface area contributed by atoms with Gasteiger partial charge < -0.3 is 10.1 Å². The molecule has 1 amide bonds. The number of aromatic nitrogens is 2. The molecule has 7 nitrogen and oxygen atoms in total. The predicted octanol–water partition coefficient (Wildman–Crippen LogP) is 2.79. The van der Waals surface area contributed by atoms with Crippen LogP contribution in [0.2, 0.25) is 5.15 Å². The predicted molar refractivity (Wildman–Crippen MR) is 105 cm³/mol. The molecule has 0 spiro atoms. The summed E-state index contributed by atoms with van der Waals surface area (Å²) >= 11 is 6.40. The summed E-state index contributed by atoms with van der Waals surface area (Å²) in [6, 6.07) is 9.97. The molecule has 8 heteroatoms. The zero-order chi connectivity index (χ0) is 20.5. The van der Waals surface area contributed by atoms with E-state index in [4.69, 9.17) is 21.6 Å². The number of halogens is 1. The Bertz CT molecular complexity index is 911. The lowest BCUT2D eigenvalue weighted by molar-refractivity contribution is -0.143. The van der Waals surface area contributed by atoms with Gasteiger partial charge in [0.05, 0.1) is 24.7 Å². The van der Waals surface area contributed by atoms with Crippen LogP contribution < -0.4 is 5.32 Å². The van der Waals surface area contributed by atoms with Crippen LogP contribution >= 0.6 is 11.6 Å². The molecule has 28 heavy (non-hydrogen) atoms. The van der Waals surface area contributed by atoms with Crippen molar-refractivity contribution >= 4 is 29.6 Å². The minimum Gasteiger partial charge on any atom is -0.452 e. The summed E-state index contributed by atoms with van der Waals surface area (Å²) in [5, 5.41) is 15.7. The maximum atomic E-state index is 11.8. The van der Waals surface area contributed by atoms with Gasteiger partial charge in [0.25, 0.3) is 5.91 Å². The molecule has 0 saturated heterocycles. The molecule has 2 rings (SSSR count). The van der Waals surface area contributed by atoms with E-state index in [1.807, 2.05) is 37.3 Å². The molecular weight excluding hydrogens is 380 g/mol. The highest BCUT2D eigenvalue weighted by atomic mass is 35.5. The number of rotatable bonds is 8. The number of hydrogen-bond donors (Lipinski definition) is 1. The fourth-order valence-corrected chi connectivity index (χ4v) is 2.67. The van der Waals surface area contributed by atoms with Crippen molar-refractivity contribution in [2.24, 2.45) is 0 Å². The summed E-state index contributed by atoms with van der Waals surface area (Å²) in [7, 11) is 0. The first-order valence-electron chi connectivity index (χ1n) is 8.67. The van der Waals surface area contributed by atoms with Crippen LogP contribution in [0, 0.1) is 25.2 Å². The lowest BCUT2D eigenvalue weighted by Crippen LogP contribution is -2.29. The van der Waals surface area contributed by atoms with Crippen molar-refractivity contribution in [1.82, 2.24) is 15.1 Å². The Morgan fingerprint density at radius 3 is 2.71 bits per heavy atom. The van der Waals surface area contributed by atoms with Gasteiger partial charge in [0.15, 0.2) is 6.61 Å². The number of benzene rings is 1. The van der Waals surface area contributed by atoms with Crippen molar-refractivity contribution < 1.29 is 14.3 Å². The second-order valence-corrected chi connectivity index (χ2v) is 6.49. The third-order valence-electron chi connectivity index (χ3n) is 3.85. The van der Waals surface area contributed by atoms with Gasteiger partial charge in [-0.1, -0.05) is 41.4 Å². The Balaban J connectivity index is 1.95. The standard InChI is InChI=1S/C20H21ClN4O3/c1-14-4-6-16(7-5-14)12-25-20(21)17(15(2)24-25)8-9-19(27)28-13-18(26)23-11-3-10-22/h4-9H,3,11-13H2,1-2H3,(H,23,26)/b9-8+. The summed E-state index contributed by atoms with van der Waals surface area (Å²) in [6.45, 7) is 4.14. The molecular formula is C20H21ClN4O3. The maximum absolute atomic E-state index is 11.8. The molecule has 0 aliphatic rings. The number of carbonyl (C=O) groups is 2. The molecule has 0 bridgehead atoms. The van der Waals surface area contributed by atoms with E-state index in [1.54, 1.807) is 11.6 Å². The molecule has 0 saturated carbocycles. The van der Waals surface area contributed by atoms with Gasteiger partial charge in [-0.3, -0.25) is 4.79 Å². The van der Waals surface area contributed by atoms with Gasteiger partial charge in [0.2, 0.25) is 0 Å². The van der Waals surface area contributed by atoms with E-state index < -0.39 is 18.5 Å². The molecule has 1 N–H and O–H groups in total. The summed E-state index contributed by atoms with van der Waals surface area (Å²) in [5.41, 5.74) is 3.53. The van der Waals surface area contributed by atoms with Crippen LogP contribution in [0.4, 0.5) is 0 Å². The molecule has 0 aliphatic heterocycles. The average Bonchev–Trinajstić information content (AvgIpc) is 2.93. The van der Waals surface area contributed by atoms with Crippen molar-refractivity contribution in [3.63, 3.8) is 0 Å². The van der Waals surface area contributed by atoms with Gasteiger partial charge in [-0.2, -0.15) is 10.4 Å². The van der Waals surface area contributed by atoms with Gasteiger partial charge in [-0.25, -0.2) is 9.48 Å².